The maximum Gasteiger partial charge on any atom is 0.254 e. The van der Waals surface area contributed by atoms with Crippen molar-refractivity contribution in [3.05, 3.63) is 0 Å². The summed E-state index contributed by atoms with van der Waals surface area (Å²) in [6, 6.07) is 0. The molecule has 0 bridgehead atoms. The van der Waals surface area contributed by atoms with Crippen LogP contribution in [0.3, 0.4) is 0 Å². The van der Waals surface area contributed by atoms with Crippen molar-refractivity contribution in [2.45, 2.75) is 44.4 Å². The molecule has 18 heavy (non-hydrogen) atoms. The molecule has 2 nitrogen and oxygen atoms in total. The van der Waals surface area contributed by atoms with Crippen LogP contribution < -0.4 is 0 Å². The molecule has 1 aliphatic heterocycles. The van der Waals surface area contributed by atoms with Gasteiger partial charge in [0.2, 0.25) is 0 Å². The van der Waals surface area contributed by atoms with Gasteiger partial charge < -0.3 is 9.64 Å². The normalized spacial score (nSPS) is 32.2. The SMILES string of the molecule is COCC1(CN2CCC3(CC2)CC3(F)F)CCC1. The Kier molecular flexibility index (Phi) is 2.94. The molecular weight excluding hydrogens is 236 g/mol. The number of likely N-dealkylation sites (tertiary alicyclic amines) is 1. The predicted molar refractivity (Wildman–Crippen MR) is 65.8 cm³/mol. The van der Waals surface area contributed by atoms with Gasteiger partial charge in [0.15, 0.2) is 0 Å². The topological polar surface area (TPSA) is 12.5 Å². The highest BCUT2D eigenvalue weighted by molar-refractivity contribution is 5.12. The highest BCUT2D eigenvalue weighted by Crippen LogP contribution is 2.65. The van der Waals surface area contributed by atoms with Crippen LogP contribution in [-0.4, -0.2) is 44.2 Å². The molecule has 0 atom stereocenters. The Morgan fingerprint density at radius 2 is 1.72 bits per heavy atom. The fourth-order valence-corrected chi connectivity index (χ4v) is 3.87. The average Bonchev–Trinajstić information content (AvgIpc) is 2.80. The fourth-order valence-electron chi connectivity index (χ4n) is 3.87. The summed E-state index contributed by atoms with van der Waals surface area (Å²) < 4.78 is 31.9. The first-order valence-electron chi connectivity index (χ1n) is 7.10. The first kappa shape index (κ1) is 12.8. The van der Waals surface area contributed by atoms with Crippen molar-refractivity contribution in [1.82, 2.24) is 4.90 Å². The smallest absolute Gasteiger partial charge is 0.254 e. The number of ether oxygens (including phenoxy) is 1. The molecule has 0 N–H and O–H groups in total. The molecule has 0 aromatic carbocycles. The standard InChI is InChI=1S/C14H23F2NO/c1-18-11-12(3-2-4-12)10-17-7-5-13(6-8-17)9-14(13,15)16/h2-11H2,1H3. The maximum atomic E-state index is 13.3. The molecule has 104 valence electrons. The molecule has 1 heterocycles. The van der Waals surface area contributed by atoms with E-state index in [0.29, 0.717) is 18.3 Å². The zero-order valence-electron chi connectivity index (χ0n) is 11.2. The third-order valence-electron chi connectivity index (χ3n) is 5.45. The lowest BCUT2D eigenvalue weighted by atomic mass is 9.68. The Morgan fingerprint density at radius 1 is 1.11 bits per heavy atom. The van der Waals surface area contributed by atoms with E-state index in [1.54, 1.807) is 7.11 Å². The highest BCUT2D eigenvalue weighted by Gasteiger charge is 2.70. The summed E-state index contributed by atoms with van der Waals surface area (Å²) in [5, 5.41) is 0. The zero-order chi connectivity index (χ0) is 12.9. The number of rotatable bonds is 4. The van der Waals surface area contributed by atoms with Crippen LogP contribution >= 0.6 is 0 Å². The number of piperidine rings is 1. The maximum absolute atomic E-state index is 13.3. The minimum absolute atomic E-state index is 0.136. The lowest BCUT2D eigenvalue weighted by Gasteiger charge is -2.46. The molecule has 3 fully saturated rings. The first-order valence-corrected chi connectivity index (χ1v) is 7.10. The van der Waals surface area contributed by atoms with Crippen LogP contribution in [0.2, 0.25) is 0 Å². The number of hydrogen-bond donors (Lipinski definition) is 0. The van der Waals surface area contributed by atoms with Crippen molar-refractivity contribution >= 4 is 0 Å². The van der Waals surface area contributed by atoms with Crippen LogP contribution in [-0.2, 0) is 4.74 Å². The van der Waals surface area contributed by atoms with Gasteiger partial charge in [-0.3, -0.25) is 0 Å². The van der Waals surface area contributed by atoms with E-state index in [4.69, 9.17) is 4.74 Å². The van der Waals surface area contributed by atoms with E-state index >= 15 is 0 Å². The summed E-state index contributed by atoms with van der Waals surface area (Å²) in [6.45, 7) is 3.56. The molecule has 4 heteroatoms. The van der Waals surface area contributed by atoms with Gasteiger partial charge in [0.05, 0.1) is 6.61 Å². The second kappa shape index (κ2) is 4.14. The van der Waals surface area contributed by atoms with Gasteiger partial charge in [-0.2, -0.15) is 0 Å². The van der Waals surface area contributed by atoms with Crippen LogP contribution in [0.1, 0.15) is 38.5 Å². The van der Waals surface area contributed by atoms with Gasteiger partial charge in [0.1, 0.15) is 0 Å². The zero-order valence-corrected chi connectivity index (χ0v) is 11.2. The molecule has 3 aliphatic rings. The van der Waals surface area contributed by atoms with Crippen LogP contribution in [0.5, 0.6) is 0 Å². The average molecular weight is 259 g/mol. The number of methoxy groups -OCH3 is 1. The molecule has 0 unspecified atom stereocenters. The molecule has 0 amide bonds. The van der Waals surface area contributed by atoms with Crippen molar-refractivity contribution in [3.8, 4) is 0 Å². The summed E-state index contributed by atoms with van der Waals surface area (Å²) in [4.78, 5) is 2.39. The molecule has 1 spiro atoms. The molecule has 0 aromatic rings. The third-order valence-corrected chi connectivity index (χ3v) is 5.45. The number of halogens is 2. The summed E-state index contributed by atoms with van der Waals surface area (Å²) in [5.74, 6) is -2.36. The summed E-state index contributed by atoms with van der Waals surface area (Å²) in [7, 11) is 1.76. The van der Waals surface area contributed by atoms with Crippen LogP contribution in [0, 0.1) is 10.8 Å². The highest BCUT2D eigenvalue weighted by atomic mass is 19.3. The van der Waals surface area contributed by atoms with E-state index in [0.717, 1.165) is 26.2 Å². The van der Waals surface area contributed by atoms with Gasteiger partial charge in [-0.25, -0.2) is 8.78 Å². The van der Waals surface area contributed by atoms with E-state index in [-0.39, 0.29) is 6.42 Å². The van der Waals surface area contributed by atoms with E-state index < -0.39 is 11.3 Å². The Balaban J connectivity index is 1.51. The van der Waals surface area contributed by atoms with Gasteiger partial charge >= 0.3 is 0 Å². The number of nitrogens with zero attached hydrogens (tertiary/aromatic N) is 1. The predicted octanol–water partition coefficient (Wildman–Crippen LogP) is 2.92. The lowest BCUT2D eigenvalue weighted by Crippen LogP contribution is -2.48. The Labute approximate surface area is 108 Å². The summed E-state index contributed by atoms with van der Waals surface area (Å²) in [5.41, 5.74) is -0.289. The Hall–Kier alpha value is -0.220. The molecule has 3 rings (SSSR count). The second-order valence-electron chi connectivity index (χ2n) is 6.72. The number of hydrogen-bond acceptors (Lipinski definition) is 2. The van der Waals surface area contributed by atoms with E-state index in [9.17, 15) is 8.78 Å². The number of alkyl halides is 2. The molecule has 0 aromatic heterocycles. The monoisotopic (exact) mass is 259 g/mol. The van der Waals surface area contributed by atoms with Gasteiger partial charge in [0.25, 0.3) is 5.92 Å². The van der Waals surface area contributed by atoms with Crippen molar-refractivity contribution in [2.75, 3.05) is 33.4 Å². The molecule has 0 radical (unpaired) electrons. The van der Waals surface area contributed by atoms with Crippen LogP contribution in [0.15, 0.2) is 0 Å². The third kappa shape index (κ3) is 1.97. The minimum atomic E-state index is -2.36. The van der Waals surface area contributed by atoms with Crippen LogP contribution in [0.4, 0.5) is 8.78 Å². The first-order chi connectivity index (χ1) is 8.51. The van der Waals surface area contributed by atoms with Gasteiger partial charge in [0, 0.05) is 30.9 Å². The van der Waals surface area contributed by atoms with E-state index in [1.807, 2.05) is 0 Å². The van der Waals surface area contributed by atoms with Crippen molar-refractivity contribution in [2.24, 2.45) is 10.8 Å². The quantitative estimate of drug-likeness (QED) is 0.769. The lowest BCUT2D eigenvalue weighted by molar-refractivity contribution is -0.0291. The van der Waals surface area contributed by atoms with E-state index in [1.165, 1.54) is 19.3 Å². The summed E-state index contributed by atoms with van der Waals surface area (Å²) >= 11 is 0. The van der Waals surface area contributed by atoms with E-state index in [2.05, 4.69) is 4.90 Å². The molecular formula is C14H23F2NO. The van der Waals surface area contributed by atoms with Crippen LogP contribution in [0.25, 0.3) is 0 Å². The summed E-state index contributed by atoms with van der Waals surface area (Å²) in [6.07, 6.45) is 5.26. The molecule has 1 saturated heterocycles. The van der Waals surface area contributed by atoms with Gasteiger partial charge in [-0.05, 0) is 38.8 Å². The van der Waals surface area contributed by atoms with Gasteiger partial charge in [-0.1, -0.05) is 6.42 Å². The molecule has 2 saturated carbocycles. The second-order valence-corrected chi connectivity index (χ2v) is 6.72. The van der Waals surface area contributed by atoms with Crippen molar-refractivity contribution in [3.63, 3.8) is 0 Å². The Bertz CT molecular complexity index is 320. The fraction of sp³-hybridized carbons (Fsp3) is 1.00. The molecule has 2 aliphatic carbocycles. The largest absolute Gasteiger partial charge is 0.384 e. The van der Waals surface area contributed by atoms with Gasteiger partial charge in [-0.15, -0.1) is 0 Å². The van der Waals surface area contributed by atoms with Crippen molar-refractivity contribution in [1.29, 1.82) is 0 Å². The minimum Gasteiger partial charge on any atom is -0.384 e. The van der Waals surface area contributed by atoms with Crippen molar-refractivity contribution < 1.29 is 13.5 Å². The Morgan fingerprint density at radius 3 is 2.11 bits per heavy atom.